The van der Waals surface area contributed by atoms with Gasteiger partial charge in [0.1, 0.15) is 12.6 Å². The standard InChI is InChI=1S/C25H35N3O4S/c1-18(2)22-14-10-11-15-23(22)28(33(6,31)32)17-24(29)27(16-21-12-8-7-9-13-21)20(5)25(30)26-19(3)4/h7-15,18-20H,16-17H2,1-6H3,(H,26,30)/t20-/m1/s1. The molecule has 0 saturated heterocycles. The van der Waals surface area contributed by atoms with Gasteiger partial charge in [-0.05, 0) is 43.9 Å². The average molecular weight is 474 g/mol. The zero-order valence-electron chi connectivity index (χ0n) is 20.3. The van der Waals surface area contributed by atoms with Crippen LogP contribution in [0.4, 0.5) is 5.69 Å². The molecule has 2 rings (SSSR count). The number of nitrogens with one attached hydrogen (secondary N) is 1. The summed E-state index contributed by atoms with van der Waals surface area (Å²) >= 11 is 0. The van der Waals surface area contributed by atoms with E-state index in [0.29, 0.717) is 5.69 Å². The molecule has 0 saturated carbocycles. The van der Waals surface area contributed by atoms with Gasteiger partial charge in [-0.1, -0.05) is 62.4 Å². The molecule has 0 aliphatic carbocycles. The third-order valence-corrected chi connectivity index (χ3v) is 6.43. The van der Waals surface area contributed by atoms with Crippen LogP contribution < -0.4 is 9.62 Å². The maximum absolute atomic E-state index is 13.5. The van der Waals surface area contributed by atoms with Gasteiger partial charge in [-0.3, -0.25) is 13.9 Å². The minimum absolute atomic E-state index is 0.0664. The second-order valence-electron chi connectivity index (χ2n) is 8.83. The van der Waals surface area contributed by atoms with E-state index >= 15 is 0 Å². The van der Waals surface area contributed by atoms with Crippen molar-refractivity contribution in [1.29, 1.82) is 0 Å². The molecule has 2 aromatic rings. The van der Waals surface area contributed by atoms with Crippen LogP contribution in [0.1, 0.15) is 51.7 Å². The fourth-order valence-electron chi connectivity index (χ4n) is 3.57. The first-order valence-electron chi connectivity index (χ1n) is 11.1. The SMILES string of the molecule is CC(C)NC(=O)[C@@H](C)N(Cc1ccccc1)C(=O)CN(c1ccccc1C(C)C)S(C)(=O)=O. The van der Waals surface area contributed by atoms with E-state index < -0.39 is 28.5 Å². The predicted molar refractivity (Wildman–Crippen MR) is 132 cm³/mol. The van der Waals surface area contributed by atoms with Crippen LogP contribution in [0.15, 0.2) is 54.6 Å². The Hall–Kier alpha value is -2.87. The first-order chi connectivity index (χ1) is 15.4. The molecule has 0 fully saturated rings. The summed E-state index contributed by atoms with van der Waals surface area (Å²) < 4.78 is 26.6. The molecule has 0 unspecified atom stereocenters. The maximum Gasteiger partial charge on any atom is 0.244 e. The molecule has 0 spiro atoms. The summed E-state index contributed by atoms with van der Waals surface area (Å²) in [5, 5.41) is 2.84. The van der Waals surface area contributed by atoms with E-state index in [4.69, 9.17) is 0 Å². The maximum atomic E-state index is 13.5. The summed E-state index contributed by atoms with van der Waals surface area (Å²) in [7, 11) is -3.76. The van der Waals surface area contributed by atoms with E-state index in [2.05, 4.69) is 5.32 Å². The van der Waals surface area contributed by atoms with Crippen molar-refractivity contribution in [3.8, 4) is 0 Å². The van der Waals surface area contributed by atoms with Crippen LogP contribution in [0.5, 0.6) is 0 Å². The van der Waals surface area contributed by atoms with Crippen LogP contribution in [-0.2, 0) is 26.2 Å². The molecule has 0 heterocycles. The van der Waals surface area contributed by atoms with Crippen molar-refractivity contribution < 1.29 is 18.0 Å². The molecule has 2 amide bonds. The molecular weight excluding hydrogens is 438 g/mol. The van der Waals surface area contributed by atoms with Gasteiger partial charge in [0.2, 0.25) is 21.8 Å². The fraction of sp³-hybridized carbons (Fsp3) is 0.440. The van der Waals surface area contributed by atoms with E-state index in [1.54, 1.807) is 19.1 Å². The smallest absolute Gasteiger partial charge is 0.244 e. The lowest BCUT2D eigenvalue weighted by Crippen LogP contribution is -2.52. The number of hydrogen-bond acceptors (Lipinski definition) is 4. The highest BCUT2D eigenvalue weighted by atomic mass is 32.2. The molecule has 0 bridgehead atoms. The van der Waals surface area contributed by atoms with E-state index in [9.17, 15) is 18.0 Å². The highest BCUT2D eigenvalue weighted by Gasteiger charge is 2.31. The second-order valence-corrected chi connectivity index (χ2v) is 10.7. The van der Waals surface area contributed by atoms with Gasteiger partial charge in [-0.2, -0.15) is 0 Å². The van der Waals surface area contributed by atoms with Gasteiger partial charge in [0.15, 0.2) is 0 Å². The van der Waals surface area contributed by atoms with Crippen molar-refractivity contribution in [3.63, 3.8) is 0 Å². The minimum Gasteiger partial charge on any atom is -0.352 e. The molecule has 1 N–H and O–H groups in total. The van der Waals surface area contributed by atoms with E-state index in [-0.39, 0.29) is 24.4 Å². The first kappa shape index (κ1) is 26.4. The van der Waals surface area contributed by atoms with E-state index in [1.807, 2.05) is 70.2 Å². The molecular formula is C25H35N3O4S. The van der Waals surface area contributed by atoms with Gasteiger partial charge < -0.3 is 10.2 Å². The number of rotatable bonds is 10. The molecule has 2 aromatic carbocycles. The molecule has 33 heavy (non-hydrogen) atoms. The van der Waals surface area contributed by atoms with Crippen molar-refractivity contribution in [2.24, 2.45) is 0 Å². The quantitative estimate of drug-likeness (QED) is 0.572. The van der Waals surface area contributed by atoms with Gasteiger partial charge in [0, 0.05) is 12.6 Å². The molecule has 0 aromatic heterocycles. The van der Waals surface area contributed by atoms with Crippen molar-refractivity contribution in [1.82, 2.24) is 10.2 Å². The third kappa shape index (κ3) is 7.32. The fourth-order valence-corrected chi connectivity index (χ4v) is 4.43. The van der Waals surface area contributed by atoms with E-state index in [0.717, 1.165) is 21.7 Å². The molecule has 0 radical (unpaired) electrons. The highest BCUT2D eigenvalue weighted by Crippen LogP contribution is 2.29. The Labute approximate surface area is 197 Å². The number of para-hydroxylation sites is 1. The largest absolute Gasteiger partial charge is 0.352 e. The topological polar surface area (TPSA) is 86.8 Å². The number of benzene rings is 2. The van der Waals surface area contributed by atoms with Crippen molar-refractivity contribution in [2.75, 3.05) is 17.1 Å². The lowest BCUT2D eigenvalue weighted by molar-refractivity contribution is -0.139. The molecule has 1 atom stereocenters. The van der Waals surface area contributed by atoms with Crippen molar-refractivity contribution >= 4 is 27.5 Å². The zero-order chi connectivity index (χ0) is 24.8. The molecule has 180 valence electrons. The number of sulfonamides is 1. The highest BCUT2D eigenvalue weighted by molar-refractivity contribution is 7.92. The minimum atomic E-state index is -3.76. The van der Waals surface area contributed by atoms with Gasteiger partial charge in [0.05, 0.1) is 11.9 Å². The number of amides is 2. The van der Waals surface area contributed by atoms with Crippen molar-refractivity contribution in [2.45, 2.75) is 59.2 Å². The summed E-state index contributed by atoms with van der Waals surface area (Å²) in [4.78, 5) is 27.7. The number of carbonyl (C=O) groups is 2. The lowest BCUT2D eigenvalue weighted by Gasteiger charge is -2.32. The average Bonchev–Trinajstić information content (AvgIpc) is 2.74. The number of nitrogens with zero attached hydrogens (tertiary/aromatic N) is 2. The van der Waals surface area contributed by atoms with Crippen LogP contribution in [-0.4, -0.2) is 50.0 Å². The Balaban J connectivity index is 2.43. The van der Waals surface area contributed by atoms with Crippen LogP contribution in [0.2, 0.25) is 0 Å². The number of hydrogen-bond donors (Lipinski definition) is 1. The Morgan fingerprint density at radius 1 is 0.909 bits per heavy atom. The number of carbonyl (C=O) groups excluding carboxylic acids is 2. The molecule has 8 heteroatoms. The molecule has 7 nitrogen and oxygen atoms in total. The Kier molecular flexibility index (Phi) is 9.05. The van der Waals surface area contributed by atoms with Gasteiger partial charge >= 0.3 is 0 Å². The van der Waals surface area contributed by atoms with Gasteiger partial charge in [-0.25, -0.2) is 8.42 Å². The first-order valence-corrected chi connectivity index (χ1v) is 13.0. The lowest BCUT2D eigenvalue weighted by atomic mass is 10.0. The summed E-state index contributed by atoms with van der Waals surface area (Å²) in [6.07, 6.45) is 1.09. The summed E-state index contributed by atoms with van der Waals surface area (Å²) in [5.74, 6) is -0.672. The Morgan fingerprint density at radius 3 is 2.03 bits per heavy atom. The Bertz CT molecular complexity index is 1050. The van der Waals surface area contributed by atoms with Gasteiger partial charge in [0.25, 0.3) is 0 Å². The van der Waals surface area contributed by atoms with Crippen LogP contribution in [0.25, 0.3) is 0 Å². The summed E-state index contributed by atoms with van der Waals surface area (Å²) in [5.41, 5.74) is 2.15. The Morgan fingerprint density at radius 2 is 1.48 bits per heavy atom. The van der Waals surface area contributed by atoms with Gasteiger partial charge in [-0.15, -0.1) is 0 Å². The summed E-state index contributed by atoms with van der Waals surface area (Å²) in [6, 6.07) is 15.6. The summed E-state index contributed by atoms with van der Waals surface area (Å²) in [6.45, 7) is 9.10. The molecule has 0 aliphatic rings. The second kappa shape index (κ2) is 11.3. The monoisotopic (exact) mass is 473 g/mol. The third-order valence-electron chi connectivity index (χ3n) is 5.30. The van der Waals surface area contributed by atoms with Crippen LogP contribution >= 0.6 is 0 Å². The zero-order valence-corrected chi connectivity index (χ0v) is 21.1. The van der Waals surface area contributed by atoms with Crippen LogP contribution in [0.3, 0.4) is 0 Å². The predicted octanol–water partition coefficient (Wildman–Crippen LogP) is 3.52. The normalized spacial score (nSPS) is 12.5. The molecule has 0 aliphatic heterocycles. The number of anilines is 1. The van der Waals surface area contributed by atoms with Crippen LogP contribution in [0, 0.1) is 0 Å². The van der Waals surface area contributed by atoms with Crippen molar-refractivity contribution in [3.05, 3.63) is 65.7 Å². The van der Waals surface area contributed by atoms with E-state index in [1.165, 1.54) is 4.90 Å².